The van der Waals surface area contributed by atoms with Gasteiger partial charge in [-0.3, -0.25) is 4.79 Å². The lowest BCUT2D eigenvalue weighted by molar-refractivity contribution is -0.120. The van der Waals surface area contributed by atoms with Crippen LogP contribution in [0.4, 0.5) is 0 Å². The minimum absolute atomic E-state index is 0.0488. The molecule has 0 spiro atoms. The molecule has 0 aromatic heterocycles. The zero-order valence-corrected chi connectivity index (χ0v) is 7.45. The van der Waals surface area contributed by atoms with E-state index in [-0.39, 0.29) is 11.2 Å². The van der Waals surface area contributed by atoms with Crippen LogP contribution in [0.25, 0.3) is 0 Å². The highest BCUT2D eigenvalue weighted by molar-refractivity contribution is 7.81. The van der Waals surface area contributed by atoms with Gasteiger partial charge in [-0.1, -0.05) is 13.8 Å². The van der Waals surface area contributed by atoms with Gasteiger partial charge in [0.05, 0.1) is 5.25 Å². The Morgan fingerprint density at radius 3 is 2.60 bits per heavy atom. The highest BCUT2D eigenvalue weighted by Gasteiger charge is 2.08. The molecule has 2 nitrogen and oxygen atoms in total. The lowest BCUT2D eigenvalue weighted by atomic mass is 10.3. The van der Waals surface area contributed by atoms with Crippen molar-refractivity contribution in [1.29, 1.82) is 0 Å². The summed E-state index contributed by atoms with van der Waals surface area (Å²) in [5, 5.41) is 2.63. The molecule has 0 aliphatic heterocycles. The number of rotatable bonds is 4. The monoisotopic (exact) mass is 161 g/mol. The second-order valence-electron chi connectivity index (χ2n) is 2.22. The molecule has 60 valence electrons. The molecule has 0 aromatic rings. The minimum atomic E-state index is -0.133. The molecule has 0 aliphatic carbocycles. The molecule has 0 aliphatic rings. The van der Waals surface area contributed by atoms with Crippen LogP contribution in [-0.2, 0) is 4.79 Å². The maximum Gasteiger partial charge on any atom is 0.232 e. The summed E-state index contributed by atoms with van der Waals surface area (Å²) in [7, 11) is 0. The van der Waals surface area contributed by atoms with Gasteiger partial charge in [-0.05, 0) is 12.8 Å². The smallest absolute Gasteiger partial charge is 0.232 e. The van der Waals surface area contributed by atoms with E-state index < -0.39 is 0 Å². The Bertz CT molecular complexity index is 106. The molecule has 0 heterocycles. The Hall–Kier alpha value is -0.180. The van der Waals surface area contributed by atoms with Crippen LogP contribution in [0, 0.1) is 0 Å². The van der Waals surface area contributed by atoms with Crippen molar-refractivity contribution < 1.29 is 4.79 Å². The molecule has 1 N–H and O–H groups in total. The fourth-order valence-electron chi connectivity index (χ4n) is 0.551. The fourth-order valence-corrected chi connectivity index (χ4v) is 0.643. The summed E-state index contributed by atoms with van der Waals surface area (Å²) in [4.78, 5) is 10.9. The van der Waals surface area contributed by atoms with Gasteiger partial charge < -0.3 is 5.32 Å². The number of carbonyl (C=O) groups excluding carboxylic acids is 1. The second kappa shape index (κ2) is 5.59. The number of nitrogens with one attached hydrogen (secondary N) is 1. The molecule has 3 heteroatoms. The van der Waals surface area contributed by atoms with Gasteiger partial charge in [-0.25, -0.2) is 0 Å². The van der Waals surface area contributed by atoms with Gasteiger partial charge in [0.1, 0.15) is 0 Å². The van der Waals surface area contributed by atoms with Crippen LogP contribution in [0.3, 0.4) is 0 Å². The van der Waals surface area contributed by atoms with Crippen molar-refractivity contribution in [3.05, 3.63) is 0 Å². The maximum absolute atomic E-state index is 10.9. The first kappa shape index (κ1) is 9.82. The van der Waals surface area contributed by atoms with Crippen molar-refractivity contribution in [1.82, 2.24) is 5.32 Å². The standard InChI is InChI=1S/C7H15NOS/c1-3-5-8-7(9)6(10)4-2/h6,10H,3-5H2,1-2H3,(H,8,9). The normalized spacial score (nSPS) is 12.7. The zero-order valence-electron chi connectivity index (χ0n) is 6.55. The molecular formula is C7H15NOS. The molecule has 0 aromatic carbocycles. The van der Waals surface area contributed by atoms with Crippen LogP contribution in [0.5, 0.6) is 0 Å². The lowest BCUT2D eigenvalue weighted by Gasteiger charge is -2.07. The van der Waals surface area contributed by atoms with Crippen molar-refractivity contribution in [2.75, 3.05) is 6.54 Å². The van der Waals surface area contributed by atoms with E-state index in [4.69, 9.17) is 0 Å². The molecule has 0 fully saturated rings. The molecule has 1 unspecified atom stereocenters. The number of carbonyl (C=O) groups is 1. The van der Waals surface area contributed by atoms with Crippen LogP contribution >= 0.6 is 12.6 Å². The van der Waals surface area contributed by atoms with Crippen molar-refractivity contribution >= 4 is 18.5 Å². The van der Waals surface area contributed by atoms with Gasteiger partial charge in [0.15, 0.2) is 0 Å². The molecule has 0 radical (unpaired) electrons. The average molecular weight is 161 g/mol. The number of thiol groups is 1. The molecule has 1 atom stereocenters. The van der Waals surface area contributed by atoms with Crippen LogP contribution < -0.4 is 5.32 Å². The molecule has 0 rings (SSSR count). The summed E-state index contributed by atoms with van der Waals surface area (Å²) in [6.45, 7) is 4.73. The third-order valence-electron chi connectivity index (χ3n) is 1.24. The Balaban J connectivity index is 3.42. The number of hydrogen-bond donors (Lipinski definition) is 2. The highest BCUT2D eigenvalue weighted by Crippen LogP contribution is 1.98. The van der Waals surface area contributed by atoms with E-state index in [1.54, 1.807) is 0 Å². The van der Waals surface area contributed by atoms with Gasteiger partial charge in [-0.2, -0.15) is 12.6 Å². The predicted octanol–water partition coefficient (Wildman–Crippen LogP) is 1.22. The Kier molecular flexibility index (Phi) is 5.49. The highest BCUT2D eigenvalue weighted by atomic mass is 32.1. The van der Waals surface area contributed by atoms with Crippen LogP contribution in [0.15, 0.2) is 0 Å². The first-order valence-corrected chi connectivity index (χ1v) is 4.19. The first-order valence-electron chi connectivity index (χ1n) is 3.68. The zero-order chi connectivity index (χ0) is 7.98. The van der Waals surface area contributed by atoms with Crippen LogP contribution in [0.1, 0.15) is 26.7 Å². The van der Waals surface area contributed by atoms with Crippen LogP contribution in [-0.4, -0.2) is 17.7 Å². The SMILES string of the molecule is CCCNC(=O)C(S)CC. The fraction of sp³-hybridized carbons (Fsp3) is 0.857. The van der Waals surface area contributed by atoms with Crippen molar-refractivity contribution in [3.8, 4) is 0 Å². The van der Waals surface area contributed by atoms with Crippen molar-refractivity contribution in [2.45, 2.75) is 31.9 Å². The lowest BCUT2D eigenvalue weighted by Crippen LogP contribution is -2.31. The van der Waals surface area contributed by atoms with Crippen molar-refractivity contribution in [3.63, 3.8) is 0 Å². The summed E-state index contributed by atoms with van der Waals surface area (Å²) in [5.74, 6) is 0.0488. The largest absolute Gasteiger partial charge is 0.355 e. The molecule has 10 heavy (non-hydrogen) atoms. The summed E-state index contributed by atoms with van der Waals surface area (Å²) in [6.07, 6.45) is 1.77. The van der Waals surface area contributed by atoms with Crippen LogP contribution in [0.2, 0.25) is 0 Å². The van der Waals surface area contributed by atoms with E-state index in [9.17, 15) is 4.79 Å². The Morgan fingerprint density at radius 2 is 2.20 bits per heavy atom. The van der Waals surface area contributed by atoms with Gasteiger partial charge in [0.25, 0.3) is 0 Å². The molecule has 0 bridgehead atoms. The molecule has 1 amide bonds. The predicted molar refractivity (Wildman–Crippen MR) is 46.4 cm³/mol. The number of hydrogen-bond acceptors (Lipinski definition) is 2. The number of amides is 1. The van der Waals surface area contributed by atoms with Gasteiger partial charge in [0.2, 0.25) is 5.91 Å². The Morgan fingerprint density at radius 1 is 1.60 bits per heavy atom. The summed E-state index contributed by atoms with van der Waals surface area (Å²) in [6, 6.07) is 0. The maximum atomic E-state index is 10.9. The third kappa shape index (κ3) is 3.77. The van der Waals surface area contributed by atoms with E-state index in [0.29, 0.717) is 0 Å². The molecular weight excluding hydrogens is 146 g/mol. The van der Waals surface area contributed by atoms with Gasteiger partial charge >= 0.3 is 0 Å². The molecule has 0 saturated heterocycles. The van der Waals surface area contributed by atoms with E-state index in [2.05, 4.69) is 17.9 Å². The van der Waals surface area contributed by atoms with Gasteiger partial charge in [0, 0.05) is 6.54 Å². The summed E-state index contributed by atoms with van der Waals surface area (Å²) < 4.78 is 0. The van der Waals surface area contributed by atoms with Crippen molar-refractivity contribution in [2.24, 2.45) is 0 Å². The van der Waals surface area contributed by atoms with E-state index in [0.717, 1.165) is 19.4 Å². The topological polar surface area (TPSA) is 29.1 Å². The Labute approximate surface area is 67.8 Å². The minimum Gasteiger partial charge on any atom is -0.355 e. The van der Waals surface area contributed by atoms with Gasteiger partial charge in [-0.15, -0.1) is 0 Å². The summed E-state index contributed by atoms with van der Waals surface area (Å²) >= 11 is 4.09. The van der Waals surface area contributed by atoms with E-state index in [1.165, 1.54) is 0 Å². The quantitative estimate of drug-likeness (QED) is 0.596. The second-order valence-corrected chi connectivity index (χ2v) is 2.84. The summed E-state index contributed by atoms with van der Waals surface area (Å²) in [5.41, 5.74) is 0. The van der Waals surface area contributed by atoms with E-state index >= 15 is 0 Å². The molecule has 0 saturated carbocycles. The first-order chi connectivity index (χ1) is 4.72. The average Bonchev–Trinajstić information content (AvgIpc) is 1.98. The van der Waals surface area contributed by atoms with E-state index in [1.807, 2.05) is 13.8 Å². The third-order valence-corrected chi connectivity index (χ3v) is 1.84.